The van der Waals surface area contributed by atoms with Gasteiger partial charge in [0.15, 0.2) is 5.78 Å². The molecule has 1 saturated heterocycles. The lowest BCUT2D eigenvalue weighted by atomic mass is 10.3. The molecule has 1 fully saturated rings. The predicted molar refractivity (Wildman–Crippen MR) is 80.2 cm³/mol. The Kier molecular flexibility index (Phi) is 4.53. The lowest BCUT2D eigenvalue weighted by molar-refractivity contribution is 0.102. The maximum absolute atomic E-state index is 11.6. The zero-order valence-corrected chi connectivity index (χ0v) is 12.4. The molecule has 0 saturated carbocycles. The van der Waals surface area contributed by atoms with Crippen LogP contribution in [0.1, 0.15) is 23.0 Å². The zero-order chi connectivity index (χ0) is 13.1. The molecule has 0 radical (unpaired) electrons. The molecule has 100 valence electrons. The summed E-state index contributed by atoms with van der Waals surface area (Å²) in [6.45, 7) is 5.63. The van der Waals surface area contributed by atoms with Gasteiger partial charge in [-0.15, -0.1) is 23.1 Å². The average molecular weight is 285 g/mol. The lowest BCUT2D eigenvalue weighted by Crippen LogP contribution is -2.27. The molecule has 0 atom stereocenters. The van der Waals surface area contributed by atoms with Crippen molar-refractivity contribution in [2.45, 2.75) is 18.2 Å². The van der Waals surface area contributed by atoms with Gasteiger partial charge in [-0.1, -0.05) is 0 Å². The van der Waals surface area contributed by atoms with Gasteiger partial charge in [0.2, 0.25) is 0 Å². The van der Waals surface area contributed by atoms with E-state index in [2.05, 4.69) is 10.2 Å². The number of Topliss-reactive ketones (excluding diaryl/α,β-unsaturated/α-hetero) is 1. The van der Waals surface area contributed by atoms with Gasteiger partial charge >= 0.3 is 0 Å². The van der Waals surface area contributed by atoms with E-state index < -0.39 is 0 Å². The van der Waals surface area contributed by atoms with E-state index in [0.29, 0.717) is 10.6 Å². The summed E-state index contributed by atoms with van der Waals surface area (Å²) in [5.74, 6) is 0.0620. The number of ketones is 1. The summed E-state index contributed by atoms with van der Waals surface area (Å²) in [6.07, 6.45) is 3.14. The molecule has 0 bridgehead atoms. The molecule has 1 aliphatic heterocycles. The summed E-state index contributed by atoms with van der Waals surface area (Å²) < 4.78 is 0. The average Bonchev–Trinajstić information content (AvgIpc) is 2.54. The van der Waals surface area contributed by atoms with Gasteiger partial charge in [0.05, 0.1) is 15.5 Å². The van der Waals surface area contributed by atoms with Crippen LogP contribution in [0.4, 0.5) is 10.7 Å². The molecule has 2 rings (SSSR count). The molecule has 6 heteroatoms. The molecule has 3 N–H and O–H groups in total. The normalized spacial score (nSPS) is 16.7. The highest BCUT2D eigenvalue weighted by atomic mass is 32.2. The van der Waals surface area contributed by atoms with Crippen LogP contribution in [0, 0.1) is 0 Å². The molecular formula is C12H19N3OS2. The Morgan fingerprint density at radius 2 is 2.22 bits per heavy atom. The Bertz CT molecular complexity index is 437. The molecule has 2 heterocycles. The van der Waals surface area contributed by atoms with Crippen LogP contribution in [0.15, 0.2) is 4.90 Å². The molecule has 1 aromatic rings. The number of anilines is 2. The minimum Gasteiger partial charge on any atom is -0.396 e. The van der Waals surface area contributed by atoms with E-state index in [1.54, 1.807) is 18.7 Å². The number of thiophene rings is 1. The van der Waals surface area contributed by atoms with E-state index in [1.807, 2.05) is 6.26 Å². The number of carbonyl (C=O) groups is 1. The van der Waals surface area contributed by atoms with Crippen molar-refractivity contribution in [3.63, 3.8) is 0 Å². The number of rotatable bonds is 3. The number of hydrogen-bond acceptors (Lipinski definition) is 6. The third-order valence-corrected chi connectivity index (χ3v) is 5.35. The lowest BCUT2D eigenvalue weighted by Gasteiger charge is -2.21. The highest BCUT2D eigenvalue weighted by molar-refractivity contribution is 7.99. The summed E-state index contributed by atoms with van der Waals surface area (Å²) in [5, 5.41) is 4.55. The number of hydrogen-bond donors (Lipinski definition) is 2. The van der Waals surface area contributed by atoms with Crippen LogP contribution in [0.5, 0.6) is 0 Å². The summed E-state index contributed by atoms with van der Waals surface area (Å²) in [5.41, 5.74) is 6.75. The fourth-order valence-corrected chi connectivity index (χ4v) is 4.26. The highest BCUT2D eigenvalue weighted by Crippen LogP contribution is 2.44. The first kappa shape index (κ1) is 13.7. The van der Waals surface area contributed by atoms with E-state index in [9.17, 15) is 4.79 Å². The van der Waals surface area contributed by atoms with Gasteiger partial charge in [0.25, 0.3) is 0 Å². The van der Waals surface area contributed by atoms with Crippen LogP contribution >= 0.6 is 23.1 Å². The number of carbonyl (C=O) groups excluding carboxylic acids is 1. The highest BCUT2D eigenvalue weighted by Gasteiger charge is 2.22. The maximum atomic E-state index is 11.6. The fraction of sp³-hybridized carbons (Fsp3) is 0.583. The first-order valence-electron chi connectivity index (χ1n) is 6.08. The van der Waals surface area contributed by atoms with E-state index >= 15 is 0 Å². The van der Waals surface area contributed by atoms with Gasteiger partial charge in [-0.05, 0) is 19.2 Å². The summed E-state index contributed by atoms with van der Waals surface area (Å²) in [7, 11) is 0. The molecule has 18 heavy (non-hydrogen) atoms. The van der Waals surface area contributed by atoms with Crippen LogP contribution in [-0.4, -0.2) is 38.2 Å². The second-order valence-electron chi connectivity index (χ2n) is 4.33. The zero-order valence-electron chi connectivity index (χ0n) is 10.8. The van der Waals surface area contributed by atoms with Crippen LogP contribution in [0.3, 0.4) is 0 Å². The molecular weight excluding hydrogens is 266 g/mol. The molecule has 0 amide bonds. The van der Waals surface area contributed by atoms with Gasteiger partial charge in [-0.3, -0.25) is 4.79 Å². The number of nitrogen functional groups attached to an aromatic ring is 1. The van der Waals surface area contributed by atoms with Crippen molar-refractivity contribution in [1.82, 2.24) is 5.32 Å². The fourth-order valence-electron chi connectivity index (χ4n) is 2.13. The number of nitrogens with one attached hydrogen (secondary N) is 1. The molecule has 1 aromatic heterocycles. The van der Waals surface area contributed by atoms with Gasteiger partial charge < -0.3 is 16.0 Å². The topological polar surface area (TPSA) is 58.4 Å². The van der Waals surface area contributed by atoms with Gasteiger partial charge in [0, 0.05) is 26.6 Å². The number of nitrogens with two attached hydrogens (primary N) is 1. The first-order valence-corrected chi connectivity index (χ1v) is 8.12. The monoisotopic (exact) mass is 285 g/mol. The van der Waals surface area contributed by atoms with Crippen molar-refractivity contribution in [1.29, 1.82) is 0 Å². The minimum absolute atomic E-state index is 0.0620. The quantitative estimate of drug-likeness (QED) is 0.657. The van der Waals surface area contributed by atoms with E-state index in [4.69, 9.17) is 5.73 Å². The number of thioether (sulfide) groups is 1. The largest absolute Gasteiger partial charge is 0.396 e. The van der Waals surface area contributed by atoms with E-state index in [1.165, 1.54) is 11.3 Å². The van der Waals surface area contributed by atoms with Crippen molar-refractivity contribution >= 4 is 39.6 Å². The van der Waals surface area contributed by atoms with Crippen molar-refractivity contribution in [2.24, 2.45) is 0 Å². The van der Waals surface area contributed by atoms with Crippen LogP contribution < -0.4 is 16.0 Å². The van der Waals surface area contributed by atoms with Crippen LogP contribution in [0.2, 0.25) is 0 Å². The Morgan fingerprint density at radius 3 is 2.89 bits per heavy atom. The molecule has 0 spiro atoms. The standard InChI is InChI=1S/C12H19N3OS2/c1-8(16)10-9(13)11(17-2)12(18-10)15-6-3-4-14-5-7-15/h14H,3-7,13H2,1-2H3. The van der Waals surface area contributed by atoms with Crippen molar-refractivity contribution in [2.75, 3.05) is 43.1 Å². The minimum atomic E-state index is 0.0620. The van der Waals surface area contributed by atoms with Gasteiger partial charge in [-0.2, -0.15) is 0 Å². The molecule has 0 aliphatic carbocycles. The predicted octanol–water partition coefficient (Wildman–Crippen LogP) is 2.05. The van der Waals surface area contributed by atoms with Crippen LogP contribution in [0.25, 0.3) is 0 Å². The van der Waals surface area contributed by atoms with Gasteiger partial charge in [-0.25, -0.2) is 0 Å². The maximum Gasteiger partial charge on any atom is 0.171 e. The summed E-state index contributed by atoms with van der Waals surface area (Å²) >= 11 is 3.17. The molecule has 1 aliphatic rings. The molecule has 0 aromatic carbocycles. The second kappa shape index (κ2) is 5.95. The molecule has 4 nitrogen and oxygen atoms in total. The summed E-state index contributed by atoms with van der Waals surface area (Å²) in [4.78, 5) is 15.7. The third kappa shape index (κ3) is 2.65. The Hall–Kier alpha value is -0.720. The summed E-state index contributed by atoms with van der Waals surface area (Å²) in [6, 6.07) is 0. The second-order valence-corrected chi connectivity index (χ2v) is 6.15. The third-order valence-electron chi connectivity index (χ3n) is 3.03. The van der Waals surface area contributed by atoms with Crippen molar-refractivity contribution in [3.8, 4) is 0 Å². The Labute approximate surface area is 116 Å². The SMILES string of the molecule is CSc1c(N2CCCNCC2)sc(C(C)=O)c1N. The van der Waals surface area contributed by atoms with Crippen molar-refractivity contribution < 1.29 is 4.79 Å². The van der Waals surface area contributed by atoms with Crippen LogP contribution in [-0.2, 0) is 0 Å². The van der Waals surface area contributed by atoms with E-state index in [0.717, 1.165) is 42.5 Å². The Morgan fingerprint density at radius 1 is 1.44 bits per heavy atom. The Balaban J connectivity index is 2.36. The molecule has 0 unspecified atom stereocenters. The smallest absolute Gasteiger partial charge is 0.171 e. The van der Waals surface area contributed by atoms with Crippen molar-refractivity contribution in [3.05, 3.63) is 4.88 Å². The first-order chi connectivity index (χ1) is 8.65. The van der Waals surface area contributed by atoms with E-state index in [-0.39, 0.29) is 5.78 Å². The number of nitrogens with zero attached hydrogens (tertiary/aromatic N) is 1. The van der Waals surface area contributed by atoms with Gasteiger partial charge in [0.1, 0.15) is 5.00 Å².